The highest BCUT2D eigenvalue weighted by Crippen LogP contribution is 2.31. The van der Waals surface area contributed by atoms with Gasteiger partial charge in [-0.25, -0.2) is 9.18 Å². The molecule has 43 heavy (non-hydrogen) atoms. The van der Waals surface area contributed by atoms with Gasteiger partial charge in [0.1, 0.15) is 0 Å². The molecule has 0 aliphatic carbocycles. The topological polar surface area (TPSA) is 126 Å². The molecule has 10 heteroatoms. The zero-order chi connectivity index (χ0) is 31.0. The lowest BCUT2D eigenvalue weighted by molar-refractivity contribution is -0.140. The highest BCUT2D eigenvalue weighted by molar-refractivity contribution is 6.18. The molecule has 4 N–H and O–H groups in total. The number of carbonyl (C=O) groups excluding carboxylic acids is 4. The van der Waals surface area contributed by atoms with Gasteiger partial charge in [0.25, 0.3) is 23.4 Å². The van der Waals surface area contributed by atoms with Crippen molar-refractivity contribution in [3.8, 4) is 5.75 Å². The fourth-order valence-electron chi connectivity index (χ4n) is 3.98. The van der Waals surface area contributed by atoms with Crippen LogP contribution >= 0.6 is 0 Å². The maximum atomic E-state index is 16.7. The van der Waals surface area contributed by atoms with E-state index < -0.39 is 35.0 Å². The van der Waals surface area contributed by atoms with Gasteiger partial charge < -0.3 is 26.0 Å². The second-order valence-corrected chi connectivity index (χ2v) is 10.6. The summed E-state index contributed by atoms with van der Waals surface area (Å²) in [5.74, 6) is -2.88. The molecule has 4 amide bonds. The maximum absolute atomic E-state index is 16.7. The lowest BCUT2D eigenvalue weighted by atomic mass is 9.92. The molecular formula is C33H31FN4O5. The smallest absolute Gasteiger partial charge is 0.408 e. The molecule has 4 aromatic carbocycles. The van der Waals surface area contributed by atoms with Crippen LogP contribution in [0, 0.1) is 0 Å². The summed E-state index contributed by atoms with van der Waals surface area (Å²) in [5, 5.41) is 10.2. The molecule has 4 rings (SSSR count). The third kappa shape index (κ3) is 7.82. The van der Waals surface area contributed by atoms with Crippen molar-refractivity contribution in [2.45, 2.75) is 32.0 Å². The fourth-order valence-corrected chi connectivity index (χ4v) is 3.98. The van der Waals surface area contributed by atoms with Crippen LogP contribution in [-0.2, 0) is 15.3 Å². The van der Waals surface area contributed by atoms with Crippen LogP contribution in [0.4, 0.5) is 26.2 Å². The summed E-state index contributed by atoms with van der Waals surface area (Å²) < 4.78 is 22.0. The number of halogens is 1. The summed E-state index contributed by atoms with van der Waals surface area (Å²) in [5.41, 5.74) is -3.03. The predicted molar refractivity (Wildman–Crippen MR) is 163 cm³/mol. The van der Waals surface area contributed by atoms with E-state index >= 15 is 4.39 Å². The van der Waals surface area contributed by atoms with Crippen molar-refractivity contribution in [3.05, 3.63) is 120 Å². The molecule has 0 unspecified atom stereocenters. The minimum absolute atomic E-state index is 0.104. The third-order valence-electron chi connectivity index (χ3n) is 6.05. The van der Waals surface area contributed by atoms with Crippen LogP contribution in [0.15, 0.2) is 109 Å². The molecule has 220 valence electrons. The largest absolute Gasteiger partial charge is 0.413 e. The van der Waals surface area contributed by atoms with Gasteiger partial charge in [-0.1, -0.05) is 60.7 Å². The van der Waals surface area contributed by atoms with Gasteiger partial charge in [0.05, 0.1) is 5.69 Å². The van der Waals surface area contributed by atoms with E-state index in [0.717, 1.165) is 0 Å². The number of hydrogen-bond donors (Lipinski definition) is 4. The van der Waals surface area contributed by atoms with E-state index in [1.165, 1.54) is 30.3 Å². The Bertz CT molecular complexity index is 1550. The van der Waals surface area contributed by atoms with Crippen LogP contribution in [0.1, 0.15) is 36.7 Å². The molecule has 0 bridgehead atoms. The number of benzene rings is 4. The Morgan fingerprint density at radius 3 is 1.63 bits per heavy atom. The van der Waals surface area contributed by atoms with Gasteiger partial charge in [-0.05, 0) is 69.3 Å². The summed E-state index contributed by atoms with van der Waals surface area (Å²) in [4.78, 5) is 51.9. The third-order valence-corrected chi connectivity index (χ3v) is 6.05. The minimum atomic E-state index is -3.15. The molecule has 0 aliphatic heterocycles. The first-order valence-electron chi connectivity index (χ1n) is 13.4. The minimum Gasteiger partial charge on any atom is -0.408 e. The number of ether oxygens (including phenoxy) is 1. The molecule has 0 spiro atoms. The van der Waals surface area contributed by atoms with Crippen molar-refractivity contribution < 1.29 is 28.3 Å². The number of amides is 4. The summed E-state index contributed by atoms with van der Waals surface area (Å²) in [6.45, 7) is 5.40. The maximum Gasteiger partial charge on any atom is 0.413 e. The Labute approximate surface area is 248 Å². The van der Waals surface area contributed by atoms with E-state index in [-0.39, 0.29) is 22.6 Å². The Hall–Kier alpha value is -5.51. The van der Waals surface area contributed by atoms with Crippen LogP contribution in [0.2, 0.25) is 0 Å². The average molecular weight is 583 g/mol. The molecule has 9 nitrogen and oxygen atoms in total. The van der Waals surface area contributed by atoms with Gasteiger partial charge in [0, 0.05) is 28.0 Å². The second-order valence-electron chi connectivity index (χ2n) is 10.6. The number of para-hydroxylation sites is 4. The number of anilines is 3. The van der Waals surface area contributed by atoms with Crippen molar-refractivity contribution in [2.75, 3.05) is 16.0 Å². The molecule has 4 aromatic rings. The van der Waals surface area contributed by atoms with Crippen LogP contribution < -0.4 is 26.0 Å². The van der Waals surface area contributed by atoms with Crippen molar-refractivity contribution in [1.82, 2.24) is 5.32 Å². The highest BCUT2D eigenvalue weighted by Gasteiger charge is 2.48. The van der Waals surface area contributed by atoms with E-state index in [1.54, 1.807) is 99.6 Å². The zero-order valence-electron chi connectivity index (χ0n) is 23.8. The number of carbonyl (C=O) groups is 4. The van der Waals surface area contributed by atoms with Gasteiger partial charge in [0.15, 0.2) is 5.75 Å². The molecule has 0 saturated carbocycles. The van der Waals surface area contributed by atoms with Crippen LogP contribution in [-0.4, -0.2) is 29.4 Å². The van der Waals surface area contributed by atoms with Crippen molar-refractivity contribution in [2.24, 2.45) is 0 Å². The molecular weight excluding hydrogens is 551 g/mol. The molecule has 0 aliphatic rings. The first-order valence-corrected chi connectivity index (χ1v) is 13.4. The van der Waals surface area contributed by atoms with Crippen LogP contribution in [0.5, 0.6) is 5.75 Å². The highest BCUT2D eigenvalue weighted by atomic mass is 19.1. The predicted octanol–water partition coefficient (Wildman–Crippen LogP) is 6.27. The first-order chi connectivity index (χ1) is 20.5. The van der Waals surface area contributed by atoms with Crippen LogP contribution in [0.3, 0.4) is 0 Å². The molecule has 0 heterocycles. The molecule has 0 radical (unpaired) electrons. The SMILES string of the molecule is CC(C)(C)NC(=O)Oc1ccccc1NC(=O)c1ccc(C(F)(C(=O)Nc2ccccc2)C(=O)Nc2ccccc2)cc1. The lowest BCUT2D eigenvalue weighted by Crippen LogP contribution is -2.46. The Morgan fingerprint density at radius 2 is 1.12 bits per heavy atom. The van der Waals surface area contributed by atoms with Crippen molar-refractivity contribution in [1.29, 1.82) is 0 Å². The van der Waals surface area contributed by atoms with E-state index in [9.17, 15) is 19.2 Å². The summed E-state index contributed by atoms with van der Waals surface area (Å²) in [6, 6.07) is 27.7. The van der Waals surface area contributed by atoms with Crippen molar-refractivity contribution in [3.63, 3.8) is 0 Å². The monoisotopic (exact) mass is 582 g/mol. The normalized spacial score (nSPS) is 11.2. The lowest BCUT2D eigenvalue weighted by Gasteiger charge is -2.24. The van der Waals surface area contributed by atoms with Gasteiger partial charge in [-0.2, -0.15) is 0 Å². The van der Waals surface area contributed by atoms with E-state index in [4.69, 9.17) is 4.74 Å². The quantitative estimate of drug-likeness (QED) is 0.182. The van der Waals surface area contributed by atoms with Crippen LogP contribution in [0.25, 0.3) is 0 Å². The summed E-state index contributed by atoms with van der Waals surface area (Å²) in [6.07, 6.45) is -0.694. The molecule has 0 saturated heterocycles. The zero-order valence-corrected chi connectivity index (χ0v) is 23.8. The number of hydrogen-bond acceptors (Lipinski definition) is 5. The standard InChI is InChI=1S/C33H31FN4O5/c1-32(2,3)38-31(42)43-27-17-11-10-16-26(27)37-28(39)22-18-20-23(21-19-22)33(34,29(40)35-24-12-6-4-7-13-24)30(41)36-25-14-8-5-9-15-25/h4-21H,1-3H3,(H,35,40)(H,36,41)(H,37,39)(H,38,42). The Balaban J connectivity index is 1.57. The Kier molecular flexibility index (Phi) is 9.20. The number of alkyl halides is 1. The first kappa shape index (κ1) is 30.4. The van der Waals surface area contributed by atoms with E-state index in [2.05, 4.69) is 21.3 Å². The number of rotatable bonds is 8. The van der Waals surface area contributed by atoms with E-state index in [0.29, 0.717) is 11.4 Å². The molecule has 0 aromatic heterocycles. The van der Waals surface area contributed by atoms with Gasteiger partial charge in [0.2, 0.25) is 0 Å². The van der Waals surface area contributed by atoms with Gasteiger partial charge >= 0.3 is 6.09 Å². The molecule has 0 fully saturated rings. The van der Waals surface area contributed by atoms with E-state index in [1.807, 2.05) is 0 Å². The van der Waals surface area contributed by atoms with Gasteiger partial charge in [-0.15, -0.1) is 0 Å². The molecule has 0 atom stereocenters. The fraction of sp³-hybridized carbons (Fsp3) is 0.152. The summed E-state index contributed by atoms with van der Waals surface area (Å²) in [7, 11) is 0. The van der Waals surface area contributed by atoms with Crippen molar-refractivity contribution >= 4 is 40.9 Å². The van der Waals surface area contributed by atoms with Gasteiger partial charge in [-0.3, -0.25) is 14.4 Å². The number of nitrogens with one attached hydrogen (secondary N) is 4. The Morgan fingerprint density at radius 1 is 0.628 bits per heavy atom. The average Bonchev–Trinajstić information content (AvgIpc) is 2.97. The summed E-state index contributed by atoms with van der Waals surface area (Å²) >= 11 is 0. The second kappa shape index (κ2) is 13.0.